The van der Waals surface area contributed by atoms with Crippen LogP contribution in [0.5, 0.6) is 0 Å². The minimum atomic E-state index is -0.00722. The molecule has 114 valence electrons. The Balaban J connectivity index is 1.74. The predicted molar refractivity (Wildman–Crippen MR) is 84.0 cm³/mol. The molecule has 0 N–H and O–H groups in total. The second-order valence-electron chi connectivity index (χ2n) is 5.76. The number of likely N-dealkylation sites (tertiary alicyclic amines) is 1. The van der Waals surface area contributed by atoms with Gasteiger partial charge in [-0.3, -0.25) is 9.78 Å². The van der Waals surface area contributed by atoms with Crippen LogP contribution in [0.2, 0.25) is 0 Å². The number of ketones is 1. The summed E-state index contributed by atoms with van der Waals surface area (Å²) in [7, 11) is 0. The third-order valence-corrected chi connectivity index (χ3v) is 4.46. The van der Waals surface area contributed by atoms with Crippen molar-refractivity contribution in [2.75, 3.05) is 13.1 Å². The Kier molecular flexibility index (Phi) is 3.19. The Morgan fingerprint density at radius 3 is 3.04 bits per heavy atom. The molecule has 1 fully saturated rings. The number of allylic oxidation sites excluding steroid dienone is 1. The molecule has 0 aromatic carbocycles. The van der Waals surface area contributed by atoms with Gasteiger partial charge in [-0.2, -0.15) is 5.10 Å². The van der Waals surface area contributed by atoms with E-state index in [1.54, 1.807) is 25.0 Å². The number of Topliss-reactive ketones (excluding diaryl/α,β-unsaturated/α-hetero) is 1. The SMILES string of the molecule is C#CC1=C(N2CC[C@H](n3cncn3)C2)c2ccncc2CC1=O. The van der Waals surface area contributed by atoms with Crippen molar-refractivity contribution in [3.63, 3.8) is 0 Å². The first-order valence-electron chi connectivity index (χ1n) is 7.54. The second kappa shape index (κ2) is 5.36. The van der Waals surface area contributed by atoms with Gasteiger partial charge in [0.15, 0.2) is 5.78 Å². The molecule has 0 spiro atoms. The van der Waals surface area contributed by atoms with Crippen LogP contribution in [-0.4, -0.2) is 43.5 Å². The smallest absolute Gasteiger partial charge is 0.177 e. The molecule has 2 aromatic rings. The van der Waals surface area contributed by atoms with Crippen molar-refractivity contribution in [2.24, 2.45) is 0 Å². The van der Waals surface area contributed by atoms with Gasteiger partial charge in [-0.15, -0.1) is 6.42 Å². The predicted octanol–water partition coefficient (Wildman–Crippen LogP) is 1.09. The maximum Gasteiger partial charge on any atom is 0.177 e. The molecule has 2 aliphatic rings. The lowest BCUT2D eigenvalue weighted by atomic mass is 9.89. The van der Waals surface area contributed by atoms with Crippen molar-refractivity contribution in [3.8, 4) is 12.3 Å². The Hall–Kier alpha value is -2.94. The molecular formula is C17H15N5O. The molecule has 0 unspecified atom stereocenters. The van der Waals surface area contributed by atoms with Gasteiger partial charge in [0.2, 0.25) is 0 Å². The Morgan fingerprint density at radius 1 is 1.35 bits per heavy atom. The molecule has 1 atom stereocenters. The first-order valence-corrected chi connectivity index (χ1v) is 7.54. The molecule has 0 amide bonds. The number of hydrogen-bond donors (Lipinski definition) is 0. The van der Waals surface area contributed by atoms with E-state index in [-0.39, 0.29) is 11.8 Å². The number of carbonyl (C=O) groups is 1. The molecule has 23 heavy (non-hydrogen) atoms. The van der Waals surface area contributed by atoms with Gasteiger partial charge in [0.05, 0.1) is 17.3 Å². The van der Waals surface area contributed by atoms with Crippen LogP contribution >= 0.6 is 0 Å². The Morgan fingerprint density at radius 2 is 2.26 bits per heavy atom. The highest BCUT2D eigenvalue weighted by Crippen LogP contribution is 2.35. The quantitative estimate of drug-likeness (QED) is 0.777. The average molecular weight is 305 g/mol. The monoisotopic (exact) mass is 305 g/mol. The Labute approximate surface area is 133 Å². The molecule has 2 aromatic heterocycles. The van der Waals surface area contributed by atoms with Crippen molar-refractivity contribution in [1.82, 2.24) is 24.6 Å². The van der Waals surface area contributed by atoms with Gasteiger partial charge in [-0.25, -0.2) is 9.67 Å². The summed E-state index contributed by atoms with van der Waals surface area (Å²) in [5.74, 6) is 2.60. The molecule has 3 heterocycles. The average Bonchev–Trinajstić information content (AvgIpc) is 3.24. The minimum Gasteiger partial charge on any atom is -0.368 e. The number of fused-ring (bicyclic) bond motifs is 1. The minimum absolute atomic E-state index is 0.00722. The van der Waals surface area contributed by atoms with Gasteiger partial charge in [-0.05, 0) is 18.1 Å². The van der Waals surface area contributed by atoms with E-state index in [1.165, 1.54) is 0 Å². The first kappa shape index (κ1) is 13.7. The zero-order valence-electron chi connectivity index (χ0n) is 12.5. The third kappa shape index (κ3) is 2.21. The lowest BCUT2D eigenvalue weighted by molar-refractivity contribution is -0.114. The molecule has 1 aliphatic heterocycles. The number of hydrogen-bond acceptors (Lipinski definition) is 5. The van der Waals surface area contributed by atoms with Crippen LogP contribution in [0.3, 0.4) is 0 Å². The van der Waals surface area contributed by atoms with E-state index in [2.05, 4.69) is 25.9 Å². The fourth-order valence-corrected chi connectivity index (χ4v) is 3.37. The molecule has 0 radical (unpaired) electrons. The van der Waals surface area contributed by atoms with E-state index < -0.39 is 0 Å². The van der Waals surface area contributed by atoms with Gasteiger partial charge >= 0.3 is 0 Å². The van der Waals surface area contributed by atoms with Crippen molar-refractivity contribution in [1.29, 1.82) is 0 Å². The van der Waals surface area contributed by atoms with Gasteiger partial charge in [0.1, 0.15) is 12.7 Å². The highest BCUT2D eigenvalue weighted by Gasteiger charge is 2.33. The van der Waals surface area contributed by atoms with Crippen LogP contribution in [0, 0.1) is 12.3 Å². The first-order chi connectivity index (χ1) is 11.3. The van der Waals surface area contributed by atoms with Gasteiger partial charge in [0, 0.05) is 37.5 Å². The summed E-state index contributed by atoms with van der Waals surface area (Å²) < 4.78 is 1.87. The molecule has 0 saturated carbocycles. The van der Waals surface area contributed by atoms with Gasteiger partial charge in [0.25, 0.3) is 0 Å². The standard InChI is InChI=1S/C17H15N5O/c1-2-14-16(23)7-12-8-18-5-3-15(12)17(14)21-6-4-13(9-21)22-11-19-10-20-22/h1,3,5,8,10-11,13H,4,6-7,9H2/t13-/m0/s1. The van der Waals surface area contributed by atoms with Crippen LogP contribution in [0.15, 0.2) is 36.7 Å². The van der Waals surface area contributed by atoms with E-state index in [1.807, 2.05) is 10.7 Å². The molecule has 4 rings (SSSR count). The fraction of sp³-hybridized carbons (Fsp3) is 0.294. The van der Waals surface area contributed by atoms with Crippen molar-refractivity contribution in [2.45, 2.75) is 18.9 Å². The summed E-state index contributed by atoms with van der Waals surface area (Å²) >= 11 is 0. The summed E-state index contributed by atoms with van der Waals surface area (Å²) in [6, 6.07) is 2.18. The van der Waals surface area contributed by atoms with Crippen LogP contribution < -0.4 is 0 Å². The summed E-state index contributed by atoms with van der Waals surface area (Å²) in [6.07, 6.45) is 13.7. The lowest BCUT2D eigenvalue weighted by Gasteiger charge is -2.28. The summed E-state index contributed by atoms with van der Waals surface area (Å²) in [5, 5.41) is 4.22. The molecule has 1 saturated heterocycles. The van der Waals surface area contributed by atoms with Crippen LogP contribution in [0.25, 0.3) is 5.70 Å². The largest absolute Gasteiger partial charge is 0.368 e. The van der Waals surface area contributed by atoms with Crippen molar-refractivity contribution < 1.29 is 4.79 Å². The fourth-order valence-electron chi connectivity index (χ4n) is 3.37. The third-order valence-electron chi connectivity index (χ3n) is 4.46. The number of terminal acetylenes is 1. The highest BCUT2D eigenvalue weighted by atomic mass is 16.1. The number of pyridine rings is 1. The molecule has 0 bridgehead atoms. The number of rotatable bonds is 2. The van der Waals surface area contributed by atoms with Crippen molar-refractivity contribution >= 4 is 11.5 Å². The number of nitrogens with zero attached hydrogens (tertiary/aromatic N) is 5. The number of aromatic nitrogens is 4. The van der Waals surface area contributed by atoms with E-state index in [4.69, 9.17) is 6.42 Å². The normalized spacial score (nSPS) is 20.6. The van der Waals surface area contributed by atoms with E-state index >= 15 is 0 Å². The van der Waals surface area contributed by atoms with Crippen LogP contribution in [0.1, 0.15) is 23.6 Å². The molecule has 6 nitrogen and oxygen atoms in total. The molecule has 1 aliphatic carbocycles. The van der Waals surface area contributed by atoms with E-state index in [0.717, 1.165) is 36.3 Å². The lowest BCUT2D eigenvalue weighted by Crippen LogP contribution is -2.27. The highest BCUT2D eigenvalue weighted by molar-refractivity contribution is 6.10. The summed E-state index contributed by atoms with van der Waals surface area (Å²) in [5.41, 5.74) is 3.30. The van der Waals surface area contributed by atoms with Crippen molar-refractivity contribution in [3.05, 3.63) is 47.8 Å². The van der Waals surface area contributed by atoms with E-state index in [0.29, 0.717) is 12.0 Å². The number of carbonyl (C=O) groups excluding carboxylic acids is 1. The maximum absolute atomic E-state index is 12.4. The Bertz CT molecular complexity index is 831. The zero-order valence-corrected chi connectivity index (χ0v) is 12.5. The van der Waals surface area contributed by atoms with Gasteiger partial charge in [-0.1, -0.05) is 5.92 Å². The summed E-state index contributed by atoms with van der Waals surface area (Å²) in [6.45, 7) is 1.60. The molecule has 6 heteroatoms. The van der Waals surface area contributed by atoms with Gasteiger partial charge < -0.3 is 4.90 Å². The van der Waals surface area contributed by atoms with E-state index in [9.17, 15) is 4.79 Å². The summed E-state index contributed by atoms with van der Waals surface area (Å²) in [4.78, 5) is 22.7. The molecular weight excluding hydrogens is 290 g/mol. The van der Waals surface area contributed by atoms with Crippen LogP contribution in [-0.2, 0) is 11.2 Å². The van der Waals surface area contributed by atoms with Crippen LogP contribution in [0.4, 0.5) is 0 Å². The zero-order chi connectivity index (χ0) is 15.8. The second-order valence-corrected chi connectivity index (χ2v) is 5.76. The maximum atomic E-state index is 12.4. The topological polar surface area (TPSA) is 63.9 Å².